The minimum absolute atomic E-state index is 0.0227. The second-order valence-corrected chi connectivity index (χ2v) is 11.3. The summed E-state index contributed by atoms with van der Waals surface area (Å²) in [5, 5.41) is 3.21. The van der Waals surface area contributed by atoms with Gasteiger partial charge in [-0.2, -0.15) is 0 Å². The van der Waals surface area contributed by atoms with E-state index in [-0.39, 0.29) is 33.6 Å². The molecule has 6 nitrogen and oxygen atoms in total. The lowest BCUT2D eigenvalue weighted by Crippen LogP contribution is -2.60. The number of rotatable bonds is 6. The van der Waals surface area contributed by atoms with Crippen molar-refractivity contribution < 1.29 is 22.4 Å². The summed E-state index contributed by atoms with van der Waals surface area (Å²) < 4.78 is 55.8. The van der Waals surface area contributed by atoms with E-state index >= 15 is 0 Å². The molecule has 38 heavy (non-hydrogen) atoms. The minimum atomic E-state index is -2.62. The Kier molecular flexibility index (Phi) is 5.96. The van der Waals surface area contributed by atoms with Gasteiger partial charge < -0.3 is 10.2 Å². The third kappa shape index (κ3) is 4.33. The van der Waals surface area contributed by atoms with Gasteiger partial charge in [-0.1, -0.05) is 0 Å². The number of halogens is 4. The maximum atomic E-state index is 14.9. The SMILES string of the molecule is CN(CC(F)F)c1ccc2c(=O)c(C(=O)NC34CC5CC(CC(C5)C3)C4)cn(-c3ccc(F)cc3F)c2n1. The van der Waals surface area contributed by atoms with Crippen molar-refractivity contribution in [1.82, 2.24) is 14.9 Å². The van der Waals surface area contributed by atoms with Gasteiger partial charge >= 0.3 is 0 Å². The second kappa shape index (κ2) is 9.10. The van der Waals surface area contributed by atoms with Crippen molar-refractivity contribution in [2.75, 3.05) is 18.5 Å². The maximum absolute atomic E-state index is 14.9. The maximum Gasteiger partial charge on any atom is 0.257 e. The molecular weight excluding hydrogens is 500 g/mol. The predicted molar refractivity (Wildman–Crippen MR) is 135 cm³/mol. The van der Waals surface area contributed by atoms with Gasteiger partial charge in [0.1, 0.15) is 23.0 Å². The highest BCUT2D eigenvalue weighted by molar-refractivity contribution is 5.97. The number of fused-ring (bicyclic) bond motifs is 1. The molecule has 2 aromatic heterocycles. The van der Waals surface area contributed by atoms with E-state index < -0.39 is 35.9 Å². The first-order valence-corrected chi connectivity index (χ1v) is 12.9. The van der Waals surface area contributed by atoms with Crippen molar-refractivity contribution in [3.63, 3.8) is 0 Å². The standard InChI is InChI=1S/C28H28F4N4O2/c1-35(14-23(31)32)24-5-3-19-25(37)20(13-36(26(19)33-24)22-4-2-18(29)9-21(22)30)27(38)34-28-10-15-6-16(11-28)8-17(7-15)12-28/h2-5,9,13,15-17,23H,6-8,10-12,14H2,1H3,(H,34,38). The molecule has 1 aromatic carbocycles. The van der Waals surface area contributed by atoms with E-state index in [0.29, 0.717) is 23.8 Å². The van der Waals surface area contributed by atoms with Crippen LogP contribution in [0.1, 0.15) is 48.9 Å². The van der Waals surface area contributed by atoms with E-state index in [0.717, 1.165) is 25.3 Å². The van der Waals surface area contributed by atoms with E-state index in [1.807, 2.05) is 0 Å². The summed E-state index contributed by atoms with van der Waals surface area (Å²) in [7, 11) is 1.43. The summed E-state index contributed by atoms with van der Waals surface area (Å²) in [5.41, 5.74) is -1.25. The highest BCUT2D eigenvalue weighted by Crippen LogP contribution is 2.55. The van der Waals surface area contributed by atoms with Crippen molar-refractivity contribution in [3.05, 3.63) is 63.9 Å². The van der Waals surface area contributed by atoms with Gasteiger partial charge in [-0.05, 0) is 80.5 Å². The average Bonchev–Trinajstić information content (AvgIpc) is 2.83. The molecule has 0 aliphatic heterocycles. The van der Waals surface area contributed by atoms with Gasteiger partial charge in [0.25, 0.3) is 12.3 Å². The Hall–Kier alpha value is -3.43. The van der Waals surface area contributed by atoms with Crippen LogP contribution in [0.5, 0.6) is 0 Å². The van der Waals surface area contributed by atoms with Gasteiger partial charge in [-0.3, -0.25) is 14.2 Å². The molecule has 0 spiro atoms. The van der Waals surface area contributed by atoms with Gasteiger partial charge in [0.05, 0.1) is 17.6 Å². The summed E-state index contributed by atoms with van der Waals surface area (Å²) in [4.78, 5) is 32.7. The highest BCUT2D eigenvalue weighted by atomic mass is 19.3. The smallest absolute Gasteiger partial charge is 0.257 e. The minimum Gasteiger partial charge on any atom is -0.354 e. The summed E-state index contributed by atoms with van der Waals surface area (Å²) in [6.45, 7) is -0.598. The zero-order chi connectivity index (χ0) is 26.8. The number of anilines is 1. The van der Waals surface area contributed by atoms with Crippen LogP contribution >= 0.6 is 0 Å². The Balaban J connectivity index is 1.45. The van der Waals surface area contributed by atoms with Gasteiger partial charge in [0.15, 0.2) is 5.65 Å². The van der Waals surface area contributed by atoms with E-state index in [9.17, 15) is 27.2 Å². The van der Waals surface area contributed by atoms with Crippen LogP contribution in [-0.2, 0) is 0 Å². The molecule has 10 heteroatoms. The second-order valence-electron chi connectivity index (χ2n) is 11.3. The van der Waals surface area contributed by atoms with Crippen molar-refractivity contribution >= 4 is 22.8 Å². The van der Waals surface area contributed by atoms with Gasteiger partial charge in [-0.25, -0.2) is 22.5 Å². The molecule has 1 amide bonds. The van der Waals surface area contributed by atoms with Crippen LogP contribution in [0.2, 0.25) is 0 Å². The molecule has 4 saturated carbocycles. The number of nitrogens with zero attached hydrogens (tertiary/aromatic N) is 3. The van der Waals surface area contributed by atoms with Crippen molar-refractivity contribution in [2.24, 2.45) is 17.8 Å². The van der Waals surface area contributed by atoms with Gasteiger partial charge in [-0.15, -0.1) is 0 Å². The summed E-state index contributed by atoms with van der Waals surface area (Å²) in [5.74, 6) is -0.367. The molecule has 0 radical (unpaired) electrons. The summed E-state index contributed by atoms with van der Waals surface area (Å²) in [6.07, 6.45) is 4.84. The zero-order valence-corrected chi connectivity index (χ0v) is 20.9. The number of amides is 1. The highest BCUT2D eigenvalue weighted by Gasteiger charge is 2.51. The monoisotopic (exact) mass is 528 g/mol. The first-order valence-electron chi connectivity index (χ1n) is 12.9. The van der Waals surface area contributed by atoms with Crippen LogP contribution < -0.4 is 15.6 Å². The largest absolute Gasteiger partial charge is 0.354 e. The van der Waals surface area contributed by atoms with Crippen molar-refractivity contribution in [1.29, 1.82) is 0 Å². The molecule has 1 N–H and O–H groups in total. The van der Waals surface area contributed by atoms with Crippen molar-refractivity contribution in [3.8, 4) is 5.69 Å². The molecule has 4 bridgehead atoms. The molecule has 4 fully saturated rings. The Bertz CT molecular complexity index is 1450. The van der Waals surface area contributed by atoms with Crippen LogP contribution in [0.15, 0.2) is 41.3 Å². The lowest BCUT2D eigenvalue weighted by molar-refractivity contribution is -0.0167. The average molecular weight is 529 g/mol. The Labute approximate surface area is 216 Å². The van der Waals surface area contributed by atoms with Crippen LogP contribution in [0, 0.1) is 29.4 Å². The Morgan fingerprint density at radius 2 is 1.76 bits per heavy atom. The number of aromatic nitrogens is 2. The fourth-order valence-corrected chi connectivity index (χ4v) is 7.30. The van der Waals surface area contributed by atoms with Crippen LogP contribution in [0.25, 0.3) is 16.7 Å². The third-order valence-electron chi connectivity index (χ3n) is 8.47. The molecule has 2 heterocycles. The molecule has 200 valence electrons. The van der Waals surface area contributed by atoms with E-state index in [1.165, 1.54) is 60.2 Å². The number of alkyl halides is 2. The van der Waals surface area contributed by atoms with Crippen molar-refractivity contribution in [2.45, 2.75) is 50.5 Å². The van der Waals surface area contributed by atoms with Gasteiger partial charge in [0.2, 0.25) is 5.43 Å². The number of carbonyl (C=O) groups excluding carboxylic acids is 1. The van der Waals surface area contributed by atoms with E-state index in [1.54, 1.807) is 0 Å². The fraction of sp³-hybridized carbons (Fsp3) is 0.464. The molecule has 3 aromatic rings. The molecule has 0 saturated heterocycles. The number of carbonyl (C=O) groups is 1. The summed E-state index contributed by atoms with van der Waals surface area (Å²) >= 11 is 0. The van der Waals surface area contributed by atoms with Gasteiger partial charge in [0, 0.05) is 24.8 Å². The first kappa shape index (κ1) is 24.9. The van der Waals surface area contributed by atoms with Crippen LogP contribution in [0.4, 0.5) is 23.4 Å². The topological polar surface area (TPSA) is 67.2 Å². The van der Waals surface area contributed by atoms with Crippen LogP contribution in [-0.4, -0.2) is 41.0 Å². The van der Waals surface area contributed by atoms with E-state index in [4.69, 9.17) is 0 Å². The molecular formula is C28H28F4N4O2. The predicted octanol–water partition coefficient (Wildman–Crippen LogP) is 5.06. The fourth-order valence-electron chi connectivity index (χ4n) is 7.30. The number of benzene rings is 1. The number of hydrogen-bond donors (Lipinski definition) is 1. The number of hydrogen-bond acceptors (Lipinski definition) is 4. The lowest BCUT2D eigenvalue weighted by Gasteiger charge is -2.56. The zero-order valence-electron chi connectivity index (χ0n) is 20.9. The number of pyridine rings is 2. The van der Waals surface area contributed by atoms with E-state index in [2.05, 4.69) is 10.3 Å². The number of nitrogens with one attached hydrogen (secondary N) is 1. The summed E-state index contributed by atoms with van der Waals surface area (Å²) in [6, 6.07) is 5.76. The Morgan fingerprint density at radius 1 is 1.11 bits per heavy atom. The normalized spacial score (nSPS) is 25.8. The quantitative estimate of drug-likeness (QED) is 0.454. The lowest BCUT2D eigenvalue weighted by atomic mass is 9.53. The molecule has 0 unspecified atom stereocenters. The first-order chi connectivity index (χ1) is 18.1. The third-order valence-corrected chi connectivity index (χ3v) is 8.47. The van der Waals surface area contributed by atoms with Crippen LogP contribution in [0.3, 0.4) is 0 Å². The molecule has 4 aliphatic carbocycles. The molecule has 7 rings (SSSR count). The molecule has 0 atom stereocenters. The Morgan fingerprint density at radius 3 is 2.37 bits per heavy atom. The molecule has 4 aliphatic rings.